The molecular formula is C19H23N3O3S. The molecule has 1 aliphatic rings. The Bertz CT molecular complexity index is 747. The van der Waals surface area contributed by atoms with Crippen LogP contribution in [0.15, 0.2) is 35.7 Å². The second kappa shape index (κ2) is 8.80. The number of rotatable bonds is 7. The Kier molecular flexibility index (Phi) is 6.22. The molecule has 1 saturated heterocycles. The van der Waals surface area contributed by atoms with E-state index in [4.69, 9.17) is 4.74 Å². The fourth-order valence-corrected chi connectivity index (χ4v) is 3.68. The van der Waals surface area contributed by atoms with Crippen LogP contribution in [0.3, 0.4) is 0 Å². The van der Waals surface area contributed by atoms with Crippen molar-refractivity contribution in [2.24, 2.45) is 0 Å². The highest BCUT2D eigenvalue weighted by atomic mass is 32.1. The number of aryl methyl sites for hydroxylation is 1. The van der Waals surface area contributed by atoms with Crippen molar-refractivity contribution in [2.75, 3.05) is 19.7 Å². The van der Waals surface area contributed by atoms with Crippen LogP contribution in [-0.4, -0.2) is 47.4 Å². The number of nitrogens with zero attached hydrogens (tertiary/aromatic N) is 2. The van der Waals surface area contributed by atoms with E-state index in [9.17, 15) is 9.59 Å². The molecule has 7 heteroatoms. The molecule has 1 aromatic heterocycles. The summed E-state index contributed by atoms with van der Waals surface area (Å²) in [6.45, 7) is 3.04. The summed E-state index contributed by atoms with van der Waals surface area (Å²) < 4.78 is 5.52. The number of aromatic nitrogens is 1. The Balaban J connectivity index is 1.47. The molecule has 1 aromatic carbocycles. The fraction of sp³-hybridized carbons (Fsp3) is 0.421. The van der Waals surface area contributed by atoms with Crippen molar-refractivity contribution in [3.8, 4) is 5.75 Å². The third kappa shape index (κ3) is 4.82. The number of nitrogens with one attached hydrogen (secondary N) is 1. The lowest BCUT2D eigenvalue weighted by atomic mass is 10.2. The van der Waals surface area contributed by atoms with Crippen LogP contribution in [-0.2, 0) is 16.0 Å². The fourth-order valence-electron chi connectivity index (χ4n) is 3.04. The van der Waals surface area contributed by atoms with Crippen LogP contribution in [0.5, 0.6) is 5.75 Å². The molecule has 1 aliphatic heterocycles. The Morgan fingerprint density at radius 2 is 2.15 bits per heavy atom. The average Bonchev–Trinajstić information content (AvgIpc) is 3.29. The maximum Gasteiger partial charge on any atom is 0.261 e. The van der Waals surface area contributed by atoms with E-state index < -0.39 is 6.04 Å². The molecule has 6 nitrogen and oxygen atoms in total. The predicted octanol–water partition coefficient (Wildman–Crippen LogP) is 2.18. The van der Waals surface area contributed by atoms with Crippen LogP contribution in [0.4, 0.5) is 0 Å². The number of hydrogen-bond acceptors (Lipinski definition) is 5. The number of hydrogen-bond donors (Lipinski definition) is 1. The van der Waals surface area contributed by atoms with Gasteiger partial charge in [0, 0.05) is 24.9 Å². The summed E-state index contributed by atoms with van der Waals surface area (Å²) in [5.41, 5.74) is 0.989. The number of thiazole rings is 1. The van der Waals surface area contributed by atoms with Crippen LogP contribution < -0.4 is 10.1 Å². The van der Waals surface area contributed by atoms with E-state index in [1.54, 1.807) is 16.2 Å². The van der Waals surface area contributed by atoms with Crippen LogP contribution >= 0.6 is 11.3 Å². The maximum atomic E-state index is 12.5. The van der Waals surface area contributed by atoms with E-state index in [2.05, 4.69) is 10.3 Å². The average molecular weight is 373 g/mol. The van der Waals surface area contributed by atoms with Gasteiger partial charge in [-0.05, 0) is 31.9 Å². The van der Waals surface area contributed by atoms with E-state index in [1.165, 1.54) is 0 Å². The third-order valence-electron chi connectivity index (χ3n) is 4.33. The zero-order valence-electron chi connectivity index (χ0n) is 14.8. The van der Waals surface area contributed by atoms with Gasteiger partial charge in [-0.3, -0.25) is 9.59 Å². The van der Waals surface area contributed by atoms with Crippen molar-refractivity contribution in [2.45, 2.75) is 32.2 Å². The summed E-state index contributed by atoms with van der Waals surface area (Å²) in [5.74, 6) is 0.406. The van der Waals surface area contributed by atoms with E-state index in [1.807, 2.05) is 42.6 Å². The SMILES string of the molecule is Cc1nc(CCNC(=O)[C@H]2CCCN2C(=O)COc2ccccc2)cs1. The smallest absolute Gasteiger partial charge is 0.261 e. The standard InChI is InChI=1S/C19H23N3O3S/c1-14-21-15(13-26-14)9-10-20-19(24)17-8-5-11-22(17)18(23)12-25-16-6-3-2-4-7-16/h2-4,6-7,13,17H,5,8-12H2,1H3,(H,20,24)/t17-/m1/s1. The van der Waals surface area contributed by atoms with Gasteiger partial charge in [0.1, 0.15) is 11.8 Å². The minimum Gasteiger partial charge on any atom is -0.484 e. The number of carbonyl (C=O) groups excluding carboxylic acids is 2. The molecule has 2 aromatic rings. The summed E-state index contributed by atoms with van der Waals surface area (Å²) in [7, 11) is 0. The molecule has 138 valence electrons. The number of benzene rings is 1. The van der Waals surface area contributed by atoms with Gasteiger partial charge in [0.25, 0.3) is 5.91 Å². The molecule has 1 atom stereocenters. The Labute approximate surface area is 157 Å². The zero-order valence-corrected chi connectivity index (χ0v) is 15.6. The minimum atomic E-state index is -0.404. The zero-order chi connectivity index (χ0) is 18.4. The molecule has 0 aliphatic carbocycles. The van der Waals surface area contributed by atoms with Crippen molar-refractivity contribution in [1.29, 1.82) is 0 Å². The molecule has 26 heavy (non-hydrogen) atoms. The summed E-state index contributed by atoms with van der Waals surface area (Å²) in [5, 5.41) is 5.97. The number of amides is 2. The molecule has 0 bridgehead atoms. The van der Waals surface area contributed by atoms with Gasteiger partial charge in [-0.25, -0.2) is 4.98 Å². The van der Waals surface area contributed by atoms with Gasteiger partial charge < -0.3 is 15.0 Å². The molecule has 0 radical (unpaired) electrons. The molecule has 0 spiro atoms. The van der Waals surface area contributed by atoms with Gasteiger partial charge in [0.05, 0.1) is 10.7 Å². The minimum absolute atomic E-state index is 0.0497. The van der Waals surface area contributed by atoms with Crippen molar-refractivity contribution in [3.05, 3.63) is 46.4 Å². The Hall–Kier alpha value is -2.41. The van der Waals surface area contributed by atoms with E-state index in [-0.39, 0.29) is 18.4 Å². The summed E-state index contributed by atoms with van der Waals surface area (Å²) >= 11 is 1.61. The highest BCUT2D eigenvalue weighted by Crippen LogP contribution is 2.18. The normalized spacial score (nSPS) is 16.5. The van der Waals surface area contributed by atoms with Crippen molar-refractivity contribution < 1.29 is 14.3 Å². The topological polar surface area (TPSA) is 71.5 Å². The van der Waals surface area contributed by atoms with Crippen LogP contribution in [0.1, 0.15) is 23.5 Å². The number of para-hydroxylation sites is 1. The molecule has 1 fully saturated rings. The van der Waals surface area contributed by atoms with Crippen molar-refractivity contribution in [3.63, 3.8) is 0 Å². The monoisotopic (exact) mass is 373 g/mol. The molecule has 0 unspecified atom stereocenters. The van der Waals surface area contributed by atoms with Gasteiger partial charge in [0.2, 0.25) is 5.91 Å². The third-order valence-corrected chi connectivity index (χ3v) is 5.15. The van der Waals surface area contributed by atoms with Gasteiger partial charge in [-0.15, -0.1) is 11.3 Å². The van der Waals surface area contributed by atoms with E-state index in [0.29, 0.717) is 31.7 Å². The van der Waals surface area contributed by atoms with Gasteiger partial charge in [-0.2, -0.15) is 0 Å². The Morgan fingerprint density at radius 3 is 2.88 bits per heavy atom. The largest absolute Gasteiger partial charge is 0.484 e. The second-order valence-corrected chi connectivity index (χ2v) is 7.31. The molecule has 2 heterocycles. The van der Waals surface area contributed by atoms with Crippen molar-refractivity contribution >= 4 is 23.2 Å². The quantitative estimate of drug-likeness (QED) is 0.807. The first kappa shape index (κ1) is 18.4. The molecular weight excluding hydrogens is 350 g/mol. The molecule has 2 amide bonds. The summed E-state index contributed by atoms with van der Waals surface area (Å²) in [6, 6.07) is 8.82. The first-order chi connectivity index (χ1) is 12.6. The van der Waals surface area contributed by atoms with Gasteiger partial charge >= 0.3 is 0 Å². The Morgan fingerprint density at radius 1 is 1.35 bits per heavy atom. The van der Waals surface area contributed by atoms with Gasteiger partial charge in [0.15, 0.2) is 6.61 Å². The lowest BCUT2D eigenvalue weighted by molar-refractivity contribution is -0.139. The maximum absolute atomic E-state index is 12.5. The molecule has 1 N–H and O–H groups in total. The molecule has 0 saturated carbocycles. The van der Waals surface area contributed by atoms with Crippen LogP contribution in [0, 0.1) is 6.92 Å². The second-order valence-electron chi connectivity index (χ2n) is 6.25. The van der Waals surface area contributed by atoms with E-state index >= 15 is 0 Å². The van der Waals surface area contributed by atoms with Gasteiger partial charge in [-0.1, -0.05) is 18.2 Å². The number of carbonyl (C=O) groups is 2. The molecule has 3 rings (SSSR count). The van der Waals surface area contributed by atoms with Crippen LogP contribution in [0.25, 0.3) is 0 Å². The van der Waals surface area contributed by atoms with E-state index in [0.717, 1.165) is 17.1 Å². The highest BCUT2D eigenvalue weighted by Gasteiger charge is 2.33. The number of likely N-dealkylation sites (tertiary alicyclic amines) is 1. The summed E-state index contributed by atoms with van der Waals surface area (Å²) in [6.07, 6.45) is 2.23. The highest BCUT2D eigenvalue weighted by molar-refractivity contribution is 7.09. The lowest BCUT2D eigenvalue weighted by Gasteiger charge is -2.24. The predicted molar refractivity (Wildman–Crippen MR) is 100 cm³/mol. The first-order valence-corrected chi connectivity index (χ1v) is 9.67. The summed E-state index contributed by atoms with van der Waals surface area (Å²) in [4.78, 5) is 30.9. The lowest BCUT2D eigenvalue weighted by Crippen LogP contribution is -2.47. The van der Waals surface area contributed by atoms with Crippen molar-refractivity contribution in [1.82, 2.24) is 15.2 Å². The first-order valence-electron chi connectivity index (χ1n) is 8.79. The van der Waals surface area contributed by atoms with Crippen LogP contribution in [0.2, 0.25) is 0 Å². The number of ether oxygens (including phenoxy) is 1.